The van der Waals surface area contributed by atoms with Crippen molar-refractivity contribution >= 4 is 15.6 Å². The van der Waals surface area contributed by atoms with Crippen molar-refractivity contribution < 1.29 is 0 Å². The zero-order valence-electron chi connectivity index (χ0n) is 9.96. The Bertz CT molecular complexity index is 348. The summed E-state index contributed by atoms with van der Waals surface area (Å²) in [4.78, 5) is 0. The van der Waals surface area contributed by atoms with Gasteiger partial charge in [0.05, 0.1) is 0 Å². The van der Waals surface area contributed by atoms with Crippen LogP contribution >= 0.6 is 0 Å². The standard InChI is InChI=1S/C11H20N2Se/c1-7(2)9-10(8(3)4)13(6)11(14)12(9)5/h7-8H,1-6H3. The van der Waals surface area contributed by atoms with Crippen LogP contribution in [-0.4, -0.2) is 24.7 Å². The van der Waals surface area contributed by atoms with E-state index >= 15 is 0 Å². The molecule has 0 atom stereocenters. The van der Waals surface area contributed by atoms with Crippen LogP contribution in [0.15, 0.2) is 0 Å². The van der Waals surface area contributed by atoms with E-state index in [9.17, 15) is 0 Å². The molecule has 0 N–H and O–H groups in total. The molecule has 14 heavy (non-hydrogen) atoms. The molecule has 0 saturated heterocycles. The Labute approximate surface area is 94.3 Å². The van der Waals surface area contributed by atoms with Crippen molar-refractivity contribution in [1.82, 2.24) is 9.13 Å². The molecule has 0 aliphatic rings. The van der Waals surface area contributed by atoms with Gasteiger partial charge in [0.25, 0.3) is 0 Å². The molecule has 0 amide bonds. The van der Waals surface area contributed by atoms with Gasteiger partial charge in [0.2, 0.25) is 0 Å². The fourth-order valence-electron chi connectivity index (χ4n) is 2.14. The van der Waals surface area contributed by atoms with Crippen molar-refractivity contribution in [2.75, 3.05) is 0 Å². The Morgan fingerprint density at radius 3 is 1.36 bits per heavy atom. The molecule has 0 aromatic carbocycles. The van der Waals surface area contributed by atoms with Gasteiger partial charge in [0, 0.05) is 0 Å². The monoisotopic (exact) mass is 260 g/mol. The maximum absolute atomic E-state index is 3.14. The van der Waals surface area contributed by atoms with Crippen molar-refractivity contribution in [3.8, 4) is 0 Å². The Balaban J connectivity index is 3.54. The predicted octanol–water partition coefficient (Wildman–Crippen LogP) is 2.31. The predicted molar refractivity (Wildman–Crippen MR) is 61.6 cm³/mol. The molecule has 1 aromatic rings. The van der Waals surface area contributed by atoms with Gasteiger partial charge < -0.3 is 0 Å². The van der Waals surface area contributed by atoms with Crippen LogP contribution in [0.4, 0.5) is 0 Å². The first kappa shape index (κ1) is 11.8. The van der Waals surface area contributed by atoms with Crippen LogP contribution in [0.1, 0.15) is 50.9 Å². The van der Waals surface area contributed by atoms with E-state index in [4.69, 9.17) is 0 Å². The molecule has 0 saturated carbocycles. The molecule has 0 bridgehead atoms. The third kappa shape index (κ3) is 1.76. The fraction of sp³-hybridized carbons (Fsp3) is 0.727. The normalized spacial score (nSPS) is 11.7. The second-order valence-corrected chi connectivity index (χ2v) is 5.25. The van der Waals surface area contributed by atoms with E-state index in [1.165, 1.54) is 15.7 Å². The molecule has 0 fully saturated rings. The molecule has 0 aliphatic carbocycles. The second-order valence-electron chi connectivity index (χ2n) is 4.48. The summed E-state index contributed by atoms with van der Waals surface area (Å²) < 4.78 is 5.73. The number of rotatable bonds is 2. The first-order valence-electron chi connectivity index (χ1n) is 5.13. The van der Waals surface area contributed by atoms with E-state index in [0.717, 1.165) is 0 Å². The molecular weight excluding hydrogens is 239 g/mol. The van der Waals surface area contributed by atoms with Crippen molar-refractivity contribution in [3.05, 3.63) is 15.7 Å². The first-order chi connectivity index (χ1) is 6.37. The van der Waals surface area contributed by atoms with Gasteiger partial charge >= 0.3 is 94.0 Å². The molecule has 2 nitrogen and oxygen atoms in total. The Hall–Kier alpha value is -0.271. The fourth-order valence-corrected chi connectivity index (χ4v) is 2.55. The average Bonchev–Trinajstić information content (AvgIpc) is 2.29. The Morgan fingerprint density at radius 2 is 1.14 bits per heavy atom. The van der Waals surface area contributed by atoms with Gasteiger partial charge in [-0.3, -0.25) is 0 Å². The van der Waals surface area contributed by atoms with E-state index in [-0.39, 0.29) is 0 Å². The summed E-state index contributed by atoms with van der Waals surface area (Å²) in [7, 11) is 4.26. The van der Waals surface area contributed by atoms with Crippen molar-refractivity contribution in [2.24, 2.45) is 14.1 Å². The van der Waals surface area contributed by atoms with Gasteiger partial charge in [-0.05, 0) is 0 Å². The number of hydrogen-bond acceptors (Lipinski definition) is 0. The van der Waals surface area contributed by atoms with Gasteiger partial charge in [-0.25, -0.2) is 0 Å². The Kier molecular flexibility index (Phi) is 3.44. The minimum atomic E-state index is 0.575. The van der Waals surface area contributed by atoms with Crippen LogP contribution in [0.5, 0.6) is 0 Å². The molecular formula is C11H20N2Se. The van der Waals surface area contributed by atoms with Gasteiger partial charge in [-0.2, -0.15) is 0 Å². The van der Waals surface area contributed by atoms with Crippen LogP contribution in [0.3, 0.4) is 0 Å². The van der Waals surface area contributed by atoms with E-state index in [0.29, 0.717) is 11.8 Å². The summed E-state index contributed by atoms with van der Waals surface area (Å²) in [5.74, 6) is 1.15. The molecule has 0 spiro atoms. The van der Waals surface area contributed by atoms with Crippen molar-refractivity contribution in [3.63, 3.8) is 0 Å². The topological polar surface area (TPSA) is 9.86 Å². The third-order valence-corrected chi connectivity index (χ3v) is 3.80. The zero-order valence-corrected chi connectivity index (χ0v) is 11.7. The van der Waals surface area contributed by atoms with E-state index in [2.05, 4.69) is 66.5 Å². The van der Waals surface area contributed by atoms with Crippen molar-refractivity contribution in [1.29, 1.82) is 0 Å². The van der Waals surface area contributed by atoms with Crippen molar-refractivity contribution in [2.45, 2.75) is 39.5 Å². The molecule has 0 unspecified atom stereocenters. The molecule has 3 heteroatoms. The SMILES string of the molecule is CC(C)c1c(C(C)C)n(C)c(=[Se])n1C. The number of aromatic nitrogens is 2. The Morgan fingerprint density at radius 1 is 0.857 bits per heavy atom. The molecule has 0 radical (unpaired) electrons. The van der Waals surface area contributed by atoms with Gasteiger partial charge in [-0.15, -0.1) is 0 Å². The van der Waals surface area contributed by atoms with Crippen LogP contribution in [-0.2, 0) is 14.1 Å². The maximum atomic E-state index is 3.14. The van der Waals surface area contributed by atoms with Gasteiger partial charge in [0.1, 0.15) is 0 Å². The summed E-state index contributed by atoms with van der Waals surface area (Å²) >= 11 is 3.14. The van der Waals surface area contributed by atoms with Crippen LogP contribution in [0.2, 0.25) is 0 Å². The molecule has 1 aromatic heterocycles. The second kappa shape index (κ2) is 4.08. The third-order valence-electron chi connectivity index (χ3n) is 2.65. The summed E-state index contributed by atoms with van der Waals surface area (Å²) in [6, 6.07) is 0. The van der Waals surface area contributed by atoms with Gasteiger partial charge in [-0.1, -0.05) is 0 Å². The zero-order chi connectivity index (χ0) is 11.0. The average molecular weight is 259 g/mol. The van der Waals surface area contributed by atoms with Crippen LogP contribution in [0, 0.1) is 4.32 Å². The summed E-state index contributed by atoms with van der Waals surface area (Å²) in [6.45, 7) is 9.00. The van der Waals surface area contributed by atoms with E-state index in [1.54, 1.807) is 0 Å². The van der Waals surface area contributed by atoms with Crippen LogP contribution in [0.25, 0.3) is 0 Å². The number of hydrogen-bond donors (Lipinski definition) is 0. The molecule has 0 aliphatic heterocycles. The molecule has 80 valence electrons. The van der Waals surface area contributed by atoms with Crippen LogP contribution < -0.4 is 0 Å². The van der Waals surface area contributed by atoms with E-state index < -0.39 is 0 Å². The summed E-state index contributed by atoms with van der Waals surface area (Å²) in [5.41, 5.74) is 2.88. The summed E-state index contributed by atoms with van der Waals surface area (Å²) in [6.07, 6.45) is 0. The summed E-state index contributed by atoms with van der Waals surface area (Å²) in [5, 5.41) is 0. The quantitative estimate of drug-likeness (QED) is 0.721. The van der Waals surface area contributed by atoms with Gasteiger partial charge in [0.15, 0.2) is 0 Å². The molecule has 1 rings (SSSR count). The minimum absolute atomic E-state index is 0.575. The number of imidazole rings is 1. The van der Waals surface area contributed by atoms with E-state index in [1.807, 2.05) is 0 Å². The molecule has 1 heterocycles. The number of nitrogens with zero attached hydrogens (tertiary/aromatic N) is 2. The first-order valence-corrected chi connectivity index (χ1v) is 5.99.